The number of likely N-dealkylation sites (N-methyl/N-ethyl adjacent to an activating group) is 1. The third-order valence-electron chi connectivity index (χ3n) is 5.64. The van der Waals surface area contributed by atoms with Crippen LogP contribution in [0.5, 0.6) is 5.75 Å². The lowest BCUT2D eigenvalue weighted by molar-refractivity contribution is 0.0831. The van der Waals surface area contributed by atoms with Crippen LogP contribution in [-0.2, 0) is 0 Å². The van der Waals surface area contributed by atoms with E-state index in [4.69, 9.17) is 32.9 Å². The summed E-state index contributed by atoms with van der Waals surface area (Å²) in [5, 5.41) is 14.4. The molecule has 0 aliphatic heterocycles. The SMILES string of the molecule is CN(C)CC(O)COc1ccc(Nc2nccc(N(CC=Cc3ccccc3)c3cc(Cl)ccc3Cl)n2)cc1. The molecular weight excluding hydrogens is 533 g/mol. The number of aliphatic hydroxyl groups excluding tert-OH is 1. The largest absolute Gasteiger partial charge is 0.491 e. The molecule has 1 unspecified atom stereocenters. The Labute approximate surface area is 239 Å². The number of hydrogen-bond donors (Lipinski definition) is 2. The molecule has 9 heteroatoms. The normalized spacial score (nSPS) is 12.1. The minimum atomic E-state index is -0.563. The Morgan fingerprint density at radius 1 is 1.00 bits per heavy atom. The second kappa shape index (κ2) is 14.0. The van der Waals surface area contributed by atoms with Gasteiger partial charge in [0.15, 0.2) is 0 Å². The third kappa shape index (κ3) is 8.70. The maximum Gasteiger partial charge on any atom is 0.229 e. The lowest BCUT2D eigenvalue weighted by Gasteiger charge is -2.24. The Morgan fingerprint density at radius 3 is 2.51 bits per heavy atom. The Hall–Kier alpha value is -3.62. The summed E-state index contributed by atoms with van der Waals surface area (Å²) in [7, 11) is 3.82. The molecule has 202 valence electrons. The first-order valence-electron chi connectivity index (χ1n) is 12.5. The predicted octanol–water partition coefficient (Wildman–Crippen LogP) is 6.68. The van der Waals surface area contributed by atoms with Gasteiger partial charge in [0.25, 0.3) is 0 Å². The van der Waals surface area contributed by atoms with E-state index in [0.29, 0.717) is 40.7 Å². The molecule has 0 spiro atoms. The fourth-order valence-corrected chi connectivity index (χ4v) is 4.24. The summed E-state index contributed by atoms with van der Waals surface area (Å²) in [4.78, 5) is 13.0. The van der Waals surface area contributed by atoms with Gasteiger partial charge in [-0.2, -0.15) is 4.98 Å². The molecule has 0 fully saturated rings. The maximum atomic E-state index is 10.0. The summed E-state index contributed by atoms with van der Waals surface area (Å²) in [6.45, 7) is 1.26. The van der Waals surface area contributed by atoms with Gasteiger partial charge >= 0.3 is 0 Å². The van der Waals surface area contributed by atoms with Crippen molar-refractivity contribution in [3.63, 3.8) is 0 Å². The van der Waals surface area contributed by atoms with E-state index >= 15 is 0 Å². The molecule has 3 aromatic carbocycles. The van der Waals surface area contributed by atoms with E-state index in [1.807, 2.05) is 90.6 Å². The second-order valence-corrected chi connectivity index (χ2v) is 9.98. The highest BCUT2D eigenvalue weighted by atomic mass is 35.5. The second-order valence-electron chi connectivity index (χ2n) is 9.13. The molecule has 2 N–H and O–H groups in total. The fourth-order valence-electron chi connectivity index (χ4n) is 3.86. The van der Waals surface area contributed by atoms with Gasteiger partial charge in [-0.3, -0.25) is 0 Å². The van der Waals surface area contributed by atoms with Crippen LogP contribution in [0.2, 0.25) is 10.0 Å². The van der Waals surface area contributed by atoms with Crippen molar-refractivity contribution >= 4 is 52.4 Å². The van der Waals surface area contributed by atoms with Gasteiger partial charge in [-0.15, -0.1) is 0 Å². The average Bonchev–Trinajstić information content (AvgIpc) is 2.93. The number of aromatic nitrogens is 2. The first-order valence-corrected chi connectivity index (χ1v) is 13.2. The van der Waals surface area contributed by atoms with Crippen molar-refractivity contribution in [2.45, 2.75) is 6.10 Å². The van der Waals surface area contributed by atoms with E-state index in [9.17, 15) is 5.11 Å². The van der Waals surface area contributed by atoms with E-state index in [0.717, 1.165) is 16.9 Å². The number of benzene rings is 3. The minimum absolute atomic E-state index is 0.219. The molecule has 0 saturated heterocycles. The fraction of sp³-hybridized carbons (Fsp3) is 0.200. The number of halogens is 2. The van der Waals surface area contributed by atoms with Gasteiger partial charge < -0.3 is 25.0 Å². The Kier molecular flexibility index (Phi) is 10.2. The molecule has 0 saturated carbocycles. The summed E-state index contributed by atoms with van der Waals surface area (Å²) in [5.74, 6) is 1.75. The van der Waals surface area contributed by atoms with Gasteiger partial charge in [0, 0.05) is 30.0 Å². The Balaban J connectivity index is 1.50. The zero-order valence-electron chi connectivity index (χ0n) is 21.8. The van der Waals surface area contributed by atoms with Crippen LogP contribution < -0.4 is 15.0 Å². The third-order valence-corrected chi connectivity index (χ3v) is 6.20. The van der Waals surface area contributed by atoms with Crippen molar-refractivity contribution in [1.82, 2.24) is 14.9 Å². The highest BCUT2D eigenvalue weighted by Gasteiger charge is 2.15. The minimum Gasteiger partial charge on any atom is -0.491 e. The molecule has 39 heavy (non-hydrogen) atoms. The topological polar surface area (TPSA) is 73.8 Å². The summed E-state index contributed by atoms with van der Waals surface area (Å²) in [6.07, 6.45) is 5.23. The molecule has 0 bridgehead atoms. The molecule has 0 aliphatic carbocycles. The van der Waals surface area contributed by atoms with Crippen molar-refractivity contribution in [1.29, 1.82) is 0 Å². The highest BCUT2D eigenvalue weighted by molar-refractivity contribution is 6.35. The quantitative estimate of drug-likeness (QED) is 0.199. The number of nitrogens with one attached hydrogen (secondary N) is 1. The molecular formula is C30H31Cl2N5O2. The van der Waals surface area contributed by atoms with Gasteiger partial charge in [-0.05, 0) is 68.2 Å². The smallest absolute Gasteiger partial charge is 0.229 e. The van der Waals surface area contributed by atoms with Crippen molar-refractivity contribution in [2.75, 3.05) is 44.0 Å². The molecule has 0 amide bonds. The van der Waals surface area contributed by atoms with E-state index in [-0.39, 0.29) is 6.61 Å². The summed E-state index contributed by atoms with van der Waals surface area (Å²) >= 11 is 12.9. The van der Waals surface area contributed by atoms with E-state index in [1.165, 1.54) is 0 Å². The van der Waals surface area contributed by atoms with E-state index in [2.05, 4.69) is 22.5 Å². The van der Waals surface area contributed by atoms with Crippen molar-refractivity contribution in [2.24, 2.45) is 0 Å². The first-order chi connectivity index (χ1) is 18.9. The number of aliphatic hydroxyl groups is 1. The van der Waals surface area contributed by atoms with Gasteiger partial charge in [0.1, 0.15) is 24.3 Å². The van der Waals surface area contributed by atoms with Crippen LogP contribution in [0.1, 0.15) is 5.56 Å². The molecule has 1 heterocycles. The van der Waals surface area contributed by atoms with Gasteiger partial charge in [0.05, 0.1) is 10.7 Å². The van der Waals surface area contributed by atoms with Crippen LogP contribution in [0.15, 0.2) is 91.1 Å². The molecule has 4 aromatic rings. The lowest BCUT2D eigenvalue weighted by Crippen LogP contribution is -2.30. The molecule has 4 rings (SSSR count). The highest BCUT2D eigenvalue weighted by Crippen LogP contribution is 2.34. The van der Waals surface area contributed by atoms with E-state index in [1.54, 1.807) is 18.3 Å². The first kappa shape index (κ1) is 28.4. The van der Waals surface area contributed by atoms with Gasteiger partial charge in [0.2, 0.25) is 5.95 Å². The summed E-state index contributed by atoms with van der Waals surface area (Å²) in [5.41, 5.74) is 2.63. The van der Waals surface area contributed by atoms with Crippen LogP contribution in [0, 0.1) is 0 Å². The molecule has 1 atom stereocenters. The zero-order valence-corrected chi connectivity index (χ0v) is 23.3. The van der Waals surface area contributed by atoms with Crippen molar-refractivity contribution in [3.05, 3.63) is 107 Å². The number of ether oxygens (including phenoxy) is 1. The number of nitrogens with zero attached hydrogens (tertiary/aromatic N) is 4. The van der Waals surface area contributed by atoms with Crippen LogP contribution >= 0.6 is 23.2 Å². The van der Waals surface area contributed by atoms with Gasteiger partial charge in [-0.1, -0.05) is 65.7 Å². The predicted molar refractivity (Wildman–Crippen MR) is 161 cm³/mol. The lowest BCUT2D eigenvalue weighted by atomic mass is 10.2. The standard InChI is InChI=1S/C30H31Cl2N5O2/c1-36(2)20-25(38)21-39-26-13-11-24(12-14-26)34-30-33-17-16-29(35-30)37(28-19-23(31)10-15-27(28)32)18-6-9-22-7-4-3-5-8-22/h3-17,19,25,38H,18,20-21H2,1-2H3,(H,33,34,35). The maximum absolute atomic E-state index is 10.0. The Morgan fingerprint density at radius 2 is 1.77 bits per heavy atom. The van der Waals surface area contributed by atoms with E-state index < -0.39 is 6.10 Å². The summed E-state index contributed by atoms with van der Waals surface area (Å²) in [6, 6.07) is 24.7. The summed E-state index contributed by atoms with van der Waals surface area (Å²) < 4.78 is 5.69. The average molecular weight is 565 g/mol. The monoisotopic (exact) mass is 563 g/mol. The van der Waals surface area contributed by atoms with Crippen LogP contribution in [0.25, 0.3) is 6.08 Å². The molecule has 7 nitrogen and oxygen atoms in total. The number of hydrogen-bond acceptors (Lipinski definition) is 7. The molecule has 0 aliphatic rings. The van der Waals surface area contributed by atoms with Crippen LogP contribution in [-0.4, -0.2) is 59.9 Å². The molecule has 1 aromatic heterocycles. The van der Waals surface area contributed by atoms with Crippen LogP contribution in [0.3, 0.4) is 0 Å². The number of anilines is 4. The van der Waals surface area contributed by atoms with Crippen LogP contribution in [0.4, 0.5) is 23.1 Å². The molecule has 0 radical (unpaired) electrons. The number of rotatable bonds is 12. The zero-order chi connectivity index (χ0) is 27.6. The Bertz CT molecular complexity index is 1370. The van der Waals surface area contributed by atoms with Gasteiger partial charge in [-0.25, -0.2) is 4.98 Å². The van der Waals surface area contributed by atoms with Crippen molar-refractivity contribution < 1.29 is 9.84 Å². The van der Waals surface area contributed by atoms with Crippen molar-refractivity contribution in [3.8, 4) is 5.75 Å².